The number of ether oxygens (including phenoxy) is 1. The molecule has 0 radical (unpaired) electrons. The zero-order valence-corrected chi connectivity index (χ0v) is 18.2. The van der Waals surface area contributed by atoms with Crippen LogP contribution in [0.2, 0.25) is 5.02 Å². The number of hydrogen-bond acceptors (Lipinski definition) is 5. The number of anilines is 1. The maximum absolute atomic E-state index is 12.3. The van der Waals surface area contributed by atoms with E-state index >= 15 is 0 Å². The molecule has 8 heteroatoms. The molecule has 3 rings (SSSR count). The summed E-state index contributed by atoms with van der Waals surface area (Å²) in [6.45, 7) is 4.09. The lowest BCUT2D eigenvalue weighted by atomic mass is 10.2. The number of hydrogen-bond donors (Lipinski definition) is 1. The van der Waals surface area contributed by atoms with Crippen molar-refractivity contribution in [3.8, 4) is 5.75 Å². The molecule has 30 heavy (non-hydrogen) atoms. The van der Waals surface area contributed by atoms with Gasteiger partial charge in [-0.05, 0) is 61.0 Å². The zero-order valence-electron chi connectivity index (χ0n) is 16.6. The molecule has 1 N–H and O–H groups in total. The van der Waals surface area contributed by atoms with Crippen LogP contribution in [0.4, 0.5) is 10.5 Å². The molecular formula is C22H21ClN2O4S. The van der Waals surface area contributed by atoms with Crippen molar-refractivity contribution >= 4 is 52.2 Å². The van der Waals surface area contributed by atoms with Gasteiger partial charge in [0.05, 0.1) is 9.93 Å². The number of halogens is 1. The van der Waals surface area contributed by atoms with E-state index in [4.69, 9.17) is 16.3 Å². The molecule has 0 aromatic heterocycles. The molecule has 1 heterocycles. The van der Waals surface area contributed by atoms with Crippen molar-refractivity contribution < 1.29 is 19.1 Å². The Morgan fingerprint density at radius 1 is 1.20 bits per heavy atom. The number of amides is 3. The number of thioether (sulfide) groups is 1. The van der Waals surface area contributed by atoms with Crippen LogP contribution in [0.15, 0.2) is 47.4 Å². The summed E-state index contributed by atoms with van der Waals surface area (Å²) in [7, 11) is 0. The minimum atomic E-state index is -0.302. The Kier molecular flexibility index (Phi) is 7.18. The van der Waals surface area contributed by atoms with E-state index < -0.39 is 0 Å². The first kappa shape index (κ1) is 21.9. The van der Waals surface area contributed by atoms with Gasteiger partial charge in [-0.25, -0.2) is 0 Å². The molecule has 1 aliphatic rings. The van der Waals surface area contributed by atoms with Crippen LogP contribution >= 0.6 is 23.4 Å². The lowest BCUT2D eigenvalue weighted by molar-refractivity contribution is -0.122. The summed E-state index contributed by atoms with van der Waals surface area (Å²) in [5, 5.41) is 2.79. The molecule has 6 nitrogen and oxygen atoms in total. The van der Waals surface area contributed by atoms with Crippen LogP contribution in [-0.4, -0.2) is 35.1 Å². The first-order chi connectivity index (χ1) is 14.4. The highest BCUT2D eigenvalue weighted by molar-refractivity contribution is 8.18. The van der Waals surface area contributed by atoms with Crippen LogP contribution < -0.4 is 10.1 Å². The van der Waals surface area contributed by atoms with Gasteiger partial charge in [-0.2, -0.15) is 0 Å². The van der Waals surface area contributed by atoms with Crippen LogP contribution in [0, 0.1) is 6.92 Å². The summed E-state index contributed by atoms with van der Waals surface area (Å²) in [6, 6.07) is 12.4. The van der Waals surface area contributed by atoms with E-state index in [0.29, 0.717) is 39.9 Å². The fraction of sp³-hybridized carbons (Fsp3) is 0.227. The Hall–Kier alpha value is -2.77. The first-order valence-corrected chi connectivity index (χ1v) is 10.6. The van der Waals surface area contributed by atoms with Gasteiger partial charge in [0.1, 0.15) is 5.75 Å². The van der Waals surface area contributed by atoms with E-state index in [9.17, 15) is 14.4 Å². The van der Waals surface area contributed by atoms with Crippen LogP contribution in [0.25, 0.3) is 6.08 Å². The Morgan fingerprint density at radius 2 is 1.93 bits per heavy atom. The standard InChI is InChI=1S/C22H21ClN2O4S/c1-3-10-25-21(27)19(30-22(25)28)12-15-6-9-18(17(23)11-15)29-13-20(26)24-16-7-4-14(2)5-8-16/h4-9,11-12H,3,10,13H2,1-2H3,(H,24,26)/b19-12+. The molecule has 156 valence electrons. The molecular weight excluding hydrogens is 424 g/mol. The third kappa shape index (κ3) is 5.43. The fourth-order valence-electron chi connectivity index (χ4n) is 2.77. The monoisotopic (exact) mass is 444 g/mol. The van der Waals surface area contributed by atoms with Gasteiger partial charge in [0.15, 0.2) is 6.61 Å². The van der Waals surface area contributed by atoms with Crippen LogP contribution in [-0.2, 0) is 9.59 Å². The predicted octanol–water partition coefficient (Wildman–Crippen LogP) is 5.11. The molecule has 1 fully saturated rings. The minimum Gasteiger partial charge on any atom is -0.482 e. The molecule has 2 aromatic rings. The third-order valence-electron chi connectivity index (χ3n) is 4.27. The second-order valence-electron chi connectivity index (χ2n) is 6.73. The Bertz CT molecular complexity index is 1000. The fourth-order valence-corrected chi connectivity index (χ4v) is 3.88. The number of benzene rings is 2. The van der Waals surface area contributed by atoms with Crippen LogP contribution in [0.3, 0.4) is 0 Å². The van der Waals surface area contributed by atoms with E-state index in [1.54, 1.807) is 24.3 Å². The average molecular weight is 445 g/mol. The van der Waals surface area contributed by atoms with Gasteiger partial charge in [-0.3, -0.25) is 19.3 Å². The van der Waals surface area contributed by atoms with Crippen molar-refractivity contribution in [1.29, 1.82) is 0 Å². The average Bonchev–Trinajstić information content (AvgIpc) is 2.97. The highest BCUT2D eigenvalue weighted by atomic mass is 35.5. The van der Waals surface area contributed by atoms with Gasteiger partial charge < -0.3 is 10.1 Å². The van der Waals surface area contributed by atoms with Crippen molar-refractivity contribution in [2.24, 2.45) is 0 Å². The Morgan fingerprint density at radius 3 is 2.60 bits per heavy atom. The summed E-state index contributed by atoms with van der Waals surface area (Å²) in [5.74, 6) is -0.244. The topological polar surface area (TPSA) is 75.7 Å². The predicted molar refractivity (Wildman–Crippen MR) is 120 cm³/mol. The van der Waals surface area contributed by atoms with Crippen molar-refractivity contribution in [2.75, 3.05) is 18.5 Å². The van der Waals surface area contributed by atoms with Crippen molar-refractivity contribution in [3.63, 3.8) is 0 Å². The molecule has 3 amide bonds. The molecule has 0 spiro atoms. The molecule has 1 aliphatic heterocycles. The smallest absolute Gasteiger partial charge is 0.293 e. The minimum absolute atomic E-state index is 0.192. The number of aryl methyl sites for hydroxylation is 1. The largest absolute Gasteiger partial charge is 0.482 e. The molecule has 0 atom stereocenters. The molecule has 0 aliphatic carbocycles. The van der Waals surface area contributed by atoms with Crippen molar-refractivity contribution in [3.05, 3.63) is 63.5 Å². The second kappa shape index (κ2) is 9.82. The van der Waals surface area contributed by atoms with E-state index in [1.165, 1.54) is 4.90 Å². The lowest BCUT2D eigenvalue weighted by Crippen LogP contribution is -2.28. The highest BCUT2D eigenvalue weighted by Gasteiger charge is 2.34. The summed E-state index contributed by atoms with van der Waals surface area (Å²) in [4.78, 5) is 37.9. The van der Waals surface area contributed by atoms with E-state index in [1.807, 2.05) is 38.1 Å². The van der Waals surface area contributed by atoms with Gasteiger partial charge in [0.25, 0.3) is 17.1 Å². The van der Waals surface area contributed by atoms with E-state index in [2.05, 4.69) is 5.32 Å². The SMILES string of the molecule is CCCN1C(=O)S/C(=C/c2ccc(OCC(=O)Nc3ccc(C)cc3)c(Cl)c2)C1=O. The maximum Gasteiger partial charge on any atom is 0.293 e. The van der Waals surface area contributed by atoms with Crippen LogP contribution in [0.1, 0.15) is 24.5 Å². The normalized spacial score (nSPS) is 15.0. The van der Waals surface area contributed by atoms with E-state index in [0.717, 1.165) is 17.3 Å². The van der Waals surface area contributed by atoms with Crippen molar-refractivity contribution in [2.45, 2.75) is 20.3 Å². The summed E-state index contributed by atoms with van der Waals surface area (Å²) >= 11 is 7.18. The van der Waals surface area contributed by atoms with Gasteiger partial charge >= 0.3 is 0 Å². The second-order valence-corrected chi connectivity index (χ2v) is 8.13. The number of nitrogens with one attached hydrogen (secondary N) is 1. The summed E-state index contributed by atoms with van der Waals surface area (Å²) in [5.41, 5.74) is 2.46. The number of carbonyl (C=O) groups excluding carboxylic acids is 3. The Labute approximate surface area is 184 Å². The number of carbonyl (C=O) groups is 3. The number of rotatable bonds is 7. The third-order valence-corrected chi connectivity index (χ3v) is 5.47. The van der Waals surface area contributed by atoms with Gasteiger partial charge in [0.2, 0.25) is 0 Å². The molecule has 0 saturated carbocycles. The quantitative estimate of drug-likeness (QED) is 0.600. The lowest BCUT2D eigenvalue weighted by Gasteiger charge is -2.10. The van der Waals surface area contributed by atoms with Crippen LogP contribution in [0.5, 0.6) is 5.75 Å². The number of imide groups is 1. The summed E-state index contributed by atoms with van der Waals surface area (Å²) < 4.78 is 5.51. The van der Waals surface area contributed by atoms with Gasteiger partial charge in [-0.1, -0.05) is 42.3 Å². The van der Waals surface area contributed by atoms with Gasteiger partial charge in [0, 0.05) is 12.2 Å². The first-order valence-electron chi connectivity index (χ1n) is 9.41. The Balaban J connectivity index is 1.61. The molecule has 1 saturated heterocycles. The van der Waals surface area contributed by atoms with E-state index in [-0.39, 0.29) is 23.7 Å². The molecule has 0 unspecified atom stereocenters. The molecule has 0 bridgehead atoms. The molecule has 2 aromatic carbocycles. The van der Waals surface area contributed by atoms with Gasteiger partial charge in [-0.15, -0.1) is 0 Å². The number of nitrogens with zero attached hydrogens (tertiary/aromatic N) is 1. The highest BCUT2D eigenvalue weighted by Crippen LogP contribution is 2.33. The zero-order chi connectivity index (χ0) is 21.7. The maximum atomic E-state index is 12.3. The summed E-state index contributed by atoms with van der Waals surface area (Å²) in [6.07, 6.45) is 2.33. The van der Waals surface area contributed by atoms with Crippen molar-refractivity contribution in [1.82, 2.24) is 4.90 Å².